The van der Waals surface area contributed by atoms with Crippen molar-refractivity contribution in [2.75, 3.05) is 26.8 Å². The number of rotatable bonds is 5. The van der Waals surface area contributed by atoms with Crippen molar-refractivity contribution in [2.45, 2.75) is 44.9 Å². The van der Waals surface area contributed by atoms with Crippen LogP contribution in [0.25, 0.3) is 0 Å². The van der Waals surface area contributed by atoms with Crippen molar-refractivity contribution in [1.29, 1.82) is 0 Å². The first-order valence-electron chi connectivity index (χ1n) is 7.32. The smallest absolute Gasteiger partial charge is 0.133 e. The Balaban J connectivity index is 2.22. The monoisotopic (exact) mass is 263 g/mol. The fourth-order valence-electron chi connectivity index (χ4n) is 2.67. The first-order valence-corrected chi connectivity index (χ1v) is 7.32. The molecular formula is C15H25N3O. The third-order valence-electron chi connectivity index (χ3n) is 3.84. The second-order valence-electron chi connectivity index (χ2n) is 5.34. The Morgan fingerprint density at radius 2 is 2.11 bits per heavy atom. The van der Waals surface area contributed by atoms with Crippen molar-refractivity contribution >= 4 is 0 Å². The van der Waals surface area contributed by atoms with Gasteiger partial charge >= 0.3 is 0 Å². The van der Waals surface area contributed by atoms with Crippen LogP contribution in [-0.4, -0.2) is 36.8 Å². The van der Waals surface area contributed by atoms with Gasteiger partial charge in [0.05, 0.1) is 0 Å². The van der Waals surface area contributed by atoms with Gasteiger partial charge in [-0.05, 0) is 39.3 Å². The van der Waals surface area contributed by atoms with Crippen LogP contribution >= 0.6 is 0 Å². The maximum absolute atomic E-state index is 5.44. The number of aryl methyl sites for hydroxylation is 1. The molecule has 1 atom stereocenters. The predicted octanol–water partition coefficient (Wildman–Crippen LogP) is 2.39. The molecule has 4 heteroatoms. The maximum Gasteiger partial charge on any atom is 0.133 e. The van der Waals surface area contributed by atoms with E-state index >= 15 is 0 Å². The van der Waals surface area contributed by atoms with E-state index in [-0.39, 0.29) is 0 Å². The molecule has 0 bridgehead atoms. The maximum atomic E-state index is 5.44. The Bertz CT molecular complexity index is 379. The van der Waals surface area contributed by atoms with E-state index in [4.69, 9.17) is 9.72 Å². The summed E-state index contributed by atoms with van der Waals surface area (Å²) in [5.74, 6) is 1.95. The van der Waals surface area contributed by atoms with Crippen LogP contribution in [-0.2, 0) is 4.74 Å². The van der Waals surface area contributed by atoms with E-state index in [0.717, 1.165) is 50.5 Å². The second-order valence-corrected chi connectivity index (χ2v) is 5.34. The lowest BCUT2D eigenvalue weighted by molar-refractivity contribution is 0.0844. The van der Waals surface area contributed by atoms with Crippen LogP contribution in [0, 0.1) is 6.92 Å². The van der Waals surface area contributed by atoms with E-state index in [1.165, 1.54) is 5.69 Å². The van der Waals surface area contributed by atoms with Gasteiger partial charge in [0.1, 0.15) is 5.82 Å². The zero-order valence-electron chi connectivity index (χ0n) is 12.3. The normalized spacial score (nSPS) is 18.5. The Kier molecular flexibility index (Phi) is 5.28. The Morgan fingerprint density at radius 3 is 2.74 bits per heavy atom. The van der Waals surface area contributed by atoms with Gasteiger partial charge in [-0.3, -0.25) is 0 Å². The van der Waals surface area contributed by atoms with E-state index in [1.807, 2.05) is 7.05 Å². The first-order chi connectivity index (χ1) is 9.24. The van der Waals surface area contributed by atoms with Crippen molar-refractivity contribution in [3.8, 4) is 0 Å². The van der Waals surface area contributed by atoms with Crippen molar-refractivity contribution < 1.29 is 4.74 Å². The summed E-state index contributed by atoms with van der Waals surface area (Å²) in [6.07, 6.45) is 3.23. The number of nitrogens with one attached hydrogen (secondary N) is 1. The Morgan fingerprint density at radius 1 is 1.37 bits per heavy atom. The molecule has 1 aliphatic rings. The molecule has 1 fully saturated rings. The van der Waals surface area contributed by atoms with Gasteiger partial charge in [0, 0.05) is 43.0 Å². The van der Waals surface area contributed by atoms with Gasteiger partial charge < -0.3 is 10.1 Å². The zero-order valence-corrected chi connectivity index (χ0v) is 12.3. The molecule has 0 aliphatic carbocycles. The molecule has 1 unspecified atom stereocenters. The van der Waals surface area contributed by atoms with E-state index in [0.29, 0.717) is 11.8 Å². The molecule has 1 aromatic heterocycles. The number of nitrogens with zero attached hydrogens (tertiary/aromatic N) is 2. The van der Waals surface area contributed by atoms with Crippen LogP contribution < -0.4 is 5.32 Å². The third kappa shape index (κ3) is 3.74. The highest BCUT2D eigenvalue weighted by molar-refractivity contribution is 5.16. The van der Waals surface area contributed by atoms with Gasteiger partial charge in [0.2, 0.25) is 0 Å². The number of aromatic nitrogens is 2. The molecule has 0 radical (unpaired) electrons. The SMILES string of the molecule is CCC(CNC)c1nc(C)cc(C2CCOCC2)n1. The lowest BCUT2D eigenvalue weighted by Gasteiger charge is -2.23. The summed E-state index contributed by atoms with van der Waals surface area (Å²) in [6, 6.07) is 2.14. The van der Waals surface area contributed by atoms with Crippen molar-refractivity contribution in [3.63, 3.8) is 0 Å². The van der Waals surface area contributed by atoms with Crippen LogP contribution in [0.4, 0.5) is 0 Å². The molecule has 106 valence electrons. The van der Waals surface area contributed by atoms with Crippen molar-refractivity contribution in [2.24, 2.45) is 0 Å². The number of likely N-dealkylation sites (N-methyl/N-ethyl adjacent to an activating group) is 1. The highest BCUT2D eigenvalue weighted by Gasteiger charge is 2.20. The van der Waals surface area contributed by atoms with Crippen LogP contribution in [0.5, 0.6) is 0 Å². The zero-order chi connectivity index (χ0) is 13.7. The van der Waals surface area contributed by atoms with E-state index in [1.54, 1.807) is 0 Å². The quantitative estimate of drug-likeness (QED) is 0.886. The standard InChI is InChI=1S/C15H25N3O/c1-4-12(10-16-3)15-17-11(2)9-14(18-15)13-5-7-19-8-6-13/h9,12-13,16H,4-8,10H2,1-3H3. The molecule has 2 rings (SSSR count). The van der Waals surface area contributed by atoms with Gasteiger partial charge in [-0.2, -0.15) is 0 Å². The fraction of sp³-hybridized carbons (Fsp3) is 0.733. The minimum Gasteiger partial charge on any atom is -0.381 e. The van der Waals surface area contributed by atoms with Gasteiger partial charge in [-0.25, -0.2) is 9.97 Å². The molecule has 0 saturated carbocycles. The molecule has 0 aromatic carbocycles. The highest BCUT2D eigenvalue weighted by atomic mass is 16.5. The lowest BCUT2D eigenvalue weighted by Crippen LogP contribution is -2.21. The number of hydrogen-bond donors (Lipinski definition) is 1. The first kappa shape index (κ1) is 14.4. The van der Waals surface area contributed by atoms with Crippen molar-refractivity contribution in [3.05, 3.63) is 23.3 Å². The molecule has 0 spiro atoms. The third-order valence-corrected chi connectivity index (χ3v) is 3.84. The van der Waals surface area contributed by atoms with Crippen molar-refractivity contribution in [1.82, 2.24) is 15.3 Å². The summed E-state index contributed by atoms with van der Waals surface area (Å²) in [5, 5.41) is 3.24. The highest BCUT2D eigenvalue weighted by Crippen LogP contribution is 2.27. The largest absolute Gasteiger partial charge is 0.381 e. The Labute approximate surface area is 116 Å². The second kappa shape index (κ2) is 6.96. The summed E-state index contributed by atoms with van der Waals surface area (Å²) in [6.45, 7) is 6.92. The average Bonchev–Trinajstić information content (AvgIpc) is 2.45. The topological polar surface area (TPSA) is 47.0 Å². The molecule has 4 nitrogen and oxygen atoms in total. The van der Waals surface area contributed by atoms with Gasteiger partial charge in [-0.15, -0.1) is 0 Å². The van der Waals surface area contributed by atoms with Crippen LogP contribution in [0.3, 0.4) is 0 Å². The molecule has 2 heterocycles. The van der Waals surface area contributed by atoms with Crippen LogP contribution in [0.2, 0.25) is 0 Å². The van der Waals surface area contributed by atoms with Gasteiger partial charge in [-0.1, -0.05) is 6.92 Å². The van der Waals surface area contributed by atoms with E-state index < -0.39 is 0 Å². The Hall–Kier alpha value is -1.00. The van der Waals surface area contributed by atoms with Crippen LogP contribution in [0.1, 0.15) is 55.2 Å². The van der Waals surface area contributed by atoms with Gasteiger partial charge in [0.15, 0.2) is 0 Å². The summed E-state index contributed by atoms with van der Waals surface area (Å²) >= 11 is 0. The molecule has 19 heavy (non-hydrogen) atoms. The average molecular weight is 263 g/mol. The summed E-state index contributed by atoms with van der Waals surface area (Å²) in [7, 11) is 1.98. The molecule has 1 aliphatic heterocycles. The molecular weight excluding hydrogens is 238 g/mol. The minimum atomic E-state index is 0.406. The molecule has 0 amide bonds. The molecule has 1 saturated heterocycles. The number of ether oxygens (including phenoxy) is 1. The summed E-state index contributed by atoms with van der Waals surface area (Å²) in [5.41, 5.74) is 2.29. The van der Waals surface area contributed by atoms with Gasteiger partial charge in [0.25, 0.3) is 0 Å². The molecule has 1 aromatic rings. The van der Waals surface area contributed by atoms with Crippen LogP contribution in [0.15, 0.2) is 6.07 Å². The fourth-order valence-corrected chi connectivity index (χ4v) is 2.67. The predicted molar refractivity (Wildman–Crippen MR) is 76.5 cm³/mol. The minimum absolute atomic E-state index is 0.406. The summed E-state index contributed by atoms with van der Waals surface area (Å²) in [4.78, 5) is 9.48. The van der Waals surface area contributed by atoms with E-state index in [9.17, 15) is 0 Å². The van der Waals surface area contributed by atoms with E-state index in [2.05, 4.69) is 30.2 Å². The lowest BCUT2D eigenvalue weighted by atomic mass is 9.95. The number of hydrogen-bond acceptors (Lipinski definition) is 4. The summed E-state index contributed by atoms with van der Waals surface area (Å²) < 4.78 is 5.44. The molecule has 1 N–H and O–H groups in total.